The summed E-state index contributed by atoms with van der Waals surface area (Å²) in [6.45, 7) is 10.9. The molecule has 2 saturated heterocycles. The summed E-state index contributed by atoms with van der Waals surface area (Å²) in [4.78, 5) is 39.2. The summed E-state index contributed by atoms with van der Waals surface area (Å²) in [5.41, 5.74) is 4.34. The molecule has 264 valence electrons. The number of aryl methyl sites for hydroxylation is 1. The van der Waals surface area contributed by atoms with Gasteiger partial charge >= 0.3 is 0 Å². The number of unbranched alkanes of at least 4 members (excludes halogenated alkanes) is 2. The molecule has 1 unspecified atom stereocenters. The van der Waals surface area contributed by atoms with Gasteiger partial charge in [0, 0.05) is 57.2 Å². The van der Waals surface area contributed by atoms with E-state index in [1.807, 2.05) is 47.4 Å². The number of carboxylic acid groups (broad SMARTS) is 1. The molecule has 1 amide bonds. The monoisotopic (exact) mass is 674 g/mol. The van der Waals surface area contributed by atoms with Crippen LogP contribution in [0.5, 0.6) is 0 Å². The van der Waals surface area contributed by atoms with E-state index >= 15 is 0 Å². The van der Waals surface area contributed by atoms with Gasteiger partial charge in [0.25, 0.3) is 6.47 Å². The van der Waals surface area contributed by atoms with Gasteiger partial charge in [0.2, 0.25) is 6.41 Å². The van der Waals surface area contributed by atoms with E-state index in [-0.39, 0.29) is 19.2 Å². The van der Waals surface area contributed by atoms with E-state index in [1.165, 1.54) is 12.8 Å². The molecule has 2 N–H and O–H groups in total. The van der Waals surface area contributed by atoms with Crippen molar-refractivity contribution in [3.05, 3.63) is 54.4 Å². The number of carbonyl (C=O) groups excluding carboxylic acids is 1. The van der Waals surface area contributed by atoms with Crippen LogP contribution in [0, 0.1) is 5.92 Å². The van der Waals surface area contributed by atoms with E-state index in [0.717, 1.165) is 103 Å². The lowest BCUT2D eigenvalue weighted by Gasteiger charge is -2.42. The molecule has 4 aromatic rings. The number of carbonyl (C=O) groups is 2. The van der Waals surface area contributed by atoms with Crippen LogP contribution < -0.4 is 9.80 Å². The van der Waals surface area contributed by atoms with Crippen LogP contribution in [0.4, 0.5) is 17.2 Å². The van der Waals surface area contributed by atoms with Crippen LogP contribution in [0.3, 0.4) is 0 Å². The number of fused-ring (bicyclic) bond motifs is 3. The third-order valence-corrected chi connectivity index (χ3v) is 9.28. The van der Waals surface area contributed by atoms with Gasteiger partial charge < -0.3 is 34.1 Å². The lowest BCUT2D eigenvalue weighted by atomic mass is 9.92. The number of aliphatic hydroxyl groups excluding tert-OH is 1. The summed E-state index contributed by atoms with van der Waals surface area (Å²) >= 11 is 0. The van der Waals surface area contributed by atoms with E-state index in [9.17, 15) is 9.90 Å². The number of aliphatic hydroxyl groups is 1. The number of benzene rings is 2. The van der Waals surface area contributed by atoms with Gasteiger partial charge in [-0.15, -0.1) is 0 Å². The highest BCUT2D eigenvalue weighted by atomic mass is 16.5. The van der Waals surface area contributed by atoms with Crippen molar-refractivity contribution in [3.8, 4) is 0 Å². The Bertz CT molecular complexity index is 1650. The van der Waals surface area contributed by atoms with Crippen LogP contribution in [-0.2, 0) is 20.7 Å². The van der Waals surface area contributed by atoms with E-state index < -0.39 is 0 Å². The molecule has 12 heteroatoms. The molecule has 2 fully saturated rings. The number of methoxy groups -OCH3 is 1. The summed E-state index contributed by atoms with van der Waals surface area (Å²) in [5.74, 6) is 2.19. The Morgan fingerprint density at radius 1 is 1.06 bits per heavy atom. The SMILES string of the molecule is C=Nc1ccccc1N(CO)C1CCN(C=O)C[C@@H]1C.COCCCCCc1nc(N2CCC[C@H]2C)c2oc3ccccc3c2n1.O=CO. The van der Waals surface area contributed by atoms with Crippen LogP contribution >= 0.6 is 0 Å². The molecule has 3 atom stereocenters. The lowest BCUT2D eigenvalue weighted by Crippen LogP contribution is -2.50. The van der Waals surface area contributed by atoms with Gasteiger partial charge in [0.05, 0.1) is 11.4 Å². The number of anilines is 2. The molecule has 0 bridgehead atoms. The first kappa shape index (κ1) is 37.3. The fraction of sp³-hybridized carbons (Fsp3) is 0.486. The maximum Gasteiger partial charge on any atom is 0.290 e. The third kappa shape index (κ3) is 9.33. The van der Waals surface area contributed by atoms with Gasteiger partial charge in [-0.25, -0.2) is 9.97 Å². The van der Waals surface area contributed by atoms with E-state index in [0.29, 0.717) is 18.5 Å². The van der Waals surface area contributed by atoms with E-state index in [2.05, 4.69) is 36.5 Å². The number of aliphatic imine (C=N–C) groups is 1. The molecule has 6 rings (SSSR count). The fourth-order valence-electron chi connectivity index (χ4n) is 6.81. The molecule has 12 nitrogen and oxygen atoms in total. The summed E-state index contributed by atoms with van der Waals surface area (Å²) in [6.07, 6.45) is 8.35. The topological polar surface area (TPSA) is 145 Å². The molecule has 2 aliphatic rings. The molecule has 2 aliphatic heterocycles. The van der Waals surface area contributed by atoms with Crippen LogP contribution in [0.2, 0.25) is 0 Å². The number of hydrogen-bond acceptors (Lipinski definition) is 10. The number of ether oxygens (including phenoxy) is 1. The maximum atomic E-state index is 10.9. The first-order valence-corrected chi connectivity index (χ1v) is 17.0. The van der Waals surface area contributed by atoms with Crippen molar-refractivity contribution < 1.29 is 29.0 Å². The third-order valence-electron chi connectivity index (χ3n) is 9.28. The van der Waals surface area contributed by atoms with Crippen LogP contribution in [-0.4, -0.2) is 96.8 Å². The molecule has 4 heterocycles. The van der Waals surface area contributed by atoms with Gasteiger partial charge in [-0.2, -0.15) is 0 Å². The average Bonchev–Trinajstić information content (AvgIpc) is 3.73. The van der Waals surface area contributed by atoms with Crippen molar-refractivity contribution >= 4 is 58.9 Å². The van der Waals surface area contributed by atoms with Crippen molar-refractivity contribution in [2.75, 3.05) is 49.9 Å². The molecular formula is C37H50N6O6. The van der Waals surface area contributed by atoms with Crippen LogP contribution in [0.15, 0.2) is 57.9 Å². The minimum Gasteiger partial charge on any atom is -0.483 e. The number of hydrogen-bond donors (Lipinski definition) is 2. The minimum absolute atomic E-state index is 0.0668. The van der Waals surface area contributed by atoms with Gasteiger partial charge in [0.15, 0.2) is 11.4 Å². The highest BCUT2D eigenvalue weighted by Gasteiger charge is 2.31. The van der Waals surface area contributed by atoms with Gasteiger partial charge in [-0.05, 0) is 75.9 Å². The van der Waals surface area contributed by atoms with Crippen molar-refractivity contribution in [1.82, 2.24) is 14.9 Å². The standard InChI is InChI=1S/C21H27N3O2.C15H21N3O2.CH2O2/c1-15-9-8-13-24(15)21-20-19(16-10-5-6-11-17(16)26-20)22-18(23-21)12-4-3-7-14-25-2;1-12-9-17(10-19)8-7-14(12)18(11-20)15-6-4-3-5-13(15)16-2;2-1-3/h5-6,10-11,15H,3-4,7-9,12-14H2,1-2H3;3-6,10,12,14,20H,2,7-9,11H2,1H3;1H,(H,2,3)/t15-;12-,14?;/m10./s1. The first-order valence-electron chi connectivity index (χ1n) is 17.0. The highest BCUT2D eigenvalue weighted by Crippen LogP contribution is 2.36. The molecule has 0 radical (unpaired) electrons. The Labute approximate surface area is 288 Å². The maximum absolute atomic E-state index is 10.9. The molecule has 0 saturated carbocycles. The van der Waals surface area contributed by atoms with Gasteiger partial charge in [-0.1, -0.05) is 37.6 Å². The average molecular weight is 675 g/mol. The summed E-state index contributed by atoms with van der Waals surface area (Å²) < 4.78 is 11.3. The second-order valence-corrected chi connectivity index (χ2v) is 12.5. The number of amides is 1. The summed E-state index contributed by atoms with van der Waals surface area (Å²) in [5, 5.41) is 17.7. The quantitative estimate of drug-likeness (QED) is 0.0787. The van der Waals surface area contributed by atoms with Gasteiger partial charge in [0.1, 0.15) is 23.7 Å². The number of nitrogens with zero attached hydrogens (tertiary/aromatic N) is 6. The number of para-hydroxylation sites is 3. The normalized spacial score (nSPS) is 18.7. The molecule has 49 heavy (non-hydrogen) atoms. The Hall–Kier alpha value is -4.55. The zero-order valence-electron chi connectivity index (χ0n) is 28.9. The molecule has 2 aromatic heterocycles. The lowest BCUT2D eigenvalue weighted by molar-refractivity contribution is -0.123. The van der Waals surface area contributed by atoms with Crippen molar-refractivity contribution in [3.63, 3.8) is 0 Å². The Morgan fingerprint density at radius 2 is 1.82 bits per heavy atom. The van der Waals surface area contributed by atoms with Crippen molar-refractivity contribution in [2.24, 2.45) is 10.9 Å². The number of likely N-dealkylation sites (tertiary alicyclic amines) is 1. The van der Waals surface area contributed by atoms with E-state index in [1.54, 1.807) is 12.0 Å². The Kier molecular flexibility index (Phi) is 14.3. The van der Waals surface area contributed by atoms with Crippen molar-refractivity contribution in [2.45, 2.75) is 70.9 Å². The first-order chi connectivity index (χ1) is 23.9. The number of aromatic nitrogens is 2. The zero-order chi connectivity index (χ0) is 35.2. The van der Waals surface area contributed by atoms with Crippen LogP contribution in [0.25, 0.3) is 22.1 Å². The summed E-state index contributed by atoms with van der Waals surface area (Å²) in [7, 11) is 1.75. The smallest absolute Gasteiger partial charge is 0.290 e. The molecular weight excluding hydrogens is 624 g/mol. The number of rotatable bonds is 12. The predicted molar refractivity (Wildman–Crippen MR) is 194 cm³/mol. The predicted octanol–water partition coefficient (Wildman–Crippen LogP) is 6.07. The molecule has 0 spiro atoms. The number of piperidine rings is 1. The second-order valence-electron chi connectivity index (χ2n) is 12.5. The van der Waals surface area contributed by atoms with Crippen LogP contribution in [0.1, 0.15) is 58.2 Å². The highest BCUT2D eigenvalue weighted by molar-refractivity contribution is 6.05. The fourth-order valence-corrected chi connectivity index (χ4v) is 6.81. The number of furan rings is 1. The largest absolute Gasteiger partial charge is 0.483 e. The molecule has 0 aliphatic carbocycles. The van der Waals surface area contributed by atoms with Gasteiger partial charge in [-0.3, -0.25) is 14.6 Å². The molecule has 2 aromatic carbocycles. The summed E-state index contributed by atoms with van der Waals surface area (Å²) in [6, 6.07) is 16.5. The zero-order valence-corrected chi connectivity index (χ0v) is 28.9. The van der Waals surface area contributed by atoms with Crippen molar-refractivity contribution in [1.29, 1.82) is 0 Å². The van der Waals surface area contributed by atoms with E-state index in [4.69, 9.17) is 29.0 Å². The second kappa shape index (κ2) is 18.8. The minimum atomic E-state index is -0.250. The Morgan fingerprint density at radius 3 is 2.49 bits per heavy atom. The Balaban J connectivity index is 0.000000211.